The molecule has 0 bridgehead atoms. The summed E-state index contributed by atoms with van der Waals surface area (Å²) in [7, 11) is 0. The number of ether oxygens (including phenoxy) is 1. The van der Waals surface area contributed by atoms with Gasteiger partial charge in [0, 0.05) is 12.3 Å². The van der Waals surface area contributed by atoms with Gasteiger partial charge in [-0.25, -0.2) is 0 Å². The summed E-state index contributed by atoms with van der Waals surface area (Å²) in [6, 6.07) is 0. The molecular formula is C17H22O7. The van der Waals surface area contributed by atoms with Crippen LogP contribution in [-0.2, 0) is 23.9 Å². The van der Waals surface area contributed by atoms with E-state index in [0.717, 1.165) is 0 Å². The number of carbonyl (C=O) groups is 4. The van der Waals surface area contributed by atoms with Gasteiger partial charge in [-0.2, -0.15) is 0 Å². The Morgan fingerprint density at radius 3 is 2.46 bits per heavy atom. The van der Waals surface area contributed by atoms with Crippen molar-refractivity contribution in [3.63, 3.8) is 0 Å². The van der Waals surface area contributed by atoms with Gasteiger partial charge in [-0.05, 0) is 18.8 Å². The average molecular weight is 338 g/mol. The molecule has 1 aliphatic heterocycles. The first kappa shape index (κ1) is 18.5. The van der Waals surface area contributed by atoms with Gasteiger partial charge < -0.3 is 14.9 Å². The largest absolute Gasteiger partial charge is 0.393 e. The molecule has 0 aromatic rings. The zero-order valence-corrected chi connectivity index (χ0v) is 13.5. The Kier molecular flexibility index (Phi) is 6.01. The molecule has 5 atom stereocenters. The number of rotatable bonds is 4. The minimum atomic E-state index is -1.10. The Morgan fingerprint density at radius 2 is 1.83 bits per heavy atom. The van der Waals surface area contributed by atoms with Gasteiger partial charge in [0.25, 0.3) is 0 Å². The summed E-state index contributed by atoms with van der Waals surface area (Å²) in [5.41, 5.74) is 0. The lowest BCUT2D eigenvalue weighted by molar-refractivity contribution is -0.155. The smallest absolute Gasteiger partial charge is 0.318 e. The summed E-state index contributed by atoms with van der Waals surface area (Å²) in [4.78, 5) is 49.0. The van der Waals surface area contributed by atoms with Crippen LogP contribution in [-0.4, -0.2) is 46.4 Å². The summed E-state index contributed by atoms with van der Waals surface area (Å²) in [5.74, 6) is -6.43. The number of aliphatic hydroxyl groups excluding tert-OH is 2. The standard InChI is InChI=1S/C17H22O7/c1-2-4-11-14-13(16(22)24-17(14)23)9(5-3-6-18)7-10(19)8-12(20)15(11)21/h3,5,9-11,13-14,18-19H,2,4,6-8H2,1H3. The normalized spacial score (nSPS) is 34.7. The van der Waals surface area contributed by atoms with E-state index in [1.807, 2.05) is 6.92 Å². The number of hydrogen-bond acceptors (Lipinski definition) is 7. The van der Waals surface area contributed by atoms with Crippen LogP contribution in [0, 0.1) is 23.7 Å². The molecule has 5 unspecified atom stereocenters. The number of Topliss-reactive ketones (excluding diaryl/α,β-unsaturated/α-hetero) is 2. The molecule has 0 amide bonds. The fourth-order valence-corrected chi connectivity index (χ4v) is 3.67. The third-order valence-corrected chi connectivity index (χ3v) is 4.69. The minimum Gasteiger partial charge on any atom is -0.393 e. The zero-order valence-electron chi connectivity index (χ0n) is 13.5. The third kappa shape index (κ3) is 3.62. The van der Waals surface area contributed by atoms with Crippen LogP contribution in [0.1, 0.15) is 32.6 Å². The van der Waals surface area contributed by atoms with Crippen LogP contribution in [0.5, 0.6) is 0 Å². The first-order chi connectivity index (χ1) is 11.4. The van der Waals surface area contributed by atoms with Crippen molar-refractivity contribution in [1.29, 1.82) is 0 Å². The van der Waals surface area contributed by atoms with E-state index in [9.17, 15) is 24.3 Å². The molecular weight excluding hydrogens is 316 g/mol. The number of hydrogen-bond donors (Lipinski definition) is 2. The molecule has 1 heterocycles. The first-order valence-corrected chi connectivity index (χ1v) is 8.18. The molecule has 0 spiro atoms. The molecule has 2 aliphatic rings. The summed E-state index contributed by atoms with van der Waals surface area (Å²) in [6.45, 7) is 1.56. The lowest BCUT2D eigenvalue weighted by Gasteiger charge is -2.25. The summed E-state index contributed by atoms with van der Waals surface area (Å²) < 4.78 is 4.75. The van der Waals surface area contributed by atoms with Gasteiger partial charge in [0.1, 0.15) is 0 Å². The monoisotopic (exact) mass is 338 g/mol. The number of esters is 2. The highest BCUT2D eigenvalue weighted by Gasteiger charge is 2.54. The summed E-state index contributed by atoms with van der Waals surface area (Å²) >= 11 is 0. The predicted octanol–water partition coefficient (Wildman–Crippen LogP) is 0.176. The molecule has 0 radical (unpaired) electrons. The van der Waals surface area contributed by atoms with Crippen molar-refractivity contribution < 1.29 is 34.1 Å². The second-order valence-electron chi connectivity index (χ2n) is 6.34. The summed E-state index contributed by atoms with van der Waals surface area (Å²) in [6.07, 6.45) is 2.43. The highest BCUT2D eigenvalue weighted by Crippen LogP contribution is 2.41. The van der Waals surface area contributed by atoms with Crippen molar-refractivity contribution in [2.75, 3.05) is 6.61 Å². The molecule has 1 aliphatic carbocycles. The molecule has 0 aromatic carbocycles. The summed E-state index contributed by atoms with van der Waals surface area (Å²) in [5, 5.41) is 19.1. The van der Waals surface area contributed by atoms with E-state index in [0.29, 0.717) is 12.8 Å². The topological polar surface area (TPSA) is 118 Å². The molecule has 1 saturated carbocycles. The Balaban J connectivity index is 2.50. The zero-order chi connectivity index (χ0) is 17.9. The molecule has 1 saturated heterocycles. The van der Waals surface area contributed by atoms with Crippen molar-refractivity contribution >= 4 is 23.5 Å². The lowest BCUT2D eigenvalue weighted by Crippen LogP contribution is -2.37. The number of cyclic esters (lactones) is 2. The number of allylic oxidation sites excluding steroid dienone is 1. The Bertz CT molecular complexity index is 565. The van der Waals surface area contributed by atoms with Gasteiger partial charge in [-0.1, -0.05) is 25.5 Å². The number of fused-ring (bicyclic) bond motifs is 1. The molecule has 0 aromatic heterocycles. The lowest BCUT2D eigenvalue weighted by atomic mass is 9.72. The molecule has 132 valence electrons. The van der Waals surface area contributed by atoms with E-state index in [-0.39, 0.29) is 19.4 Å². The van der Waals surface area contributed by atoms with Crippen molar-refractivity contribution in [2.45, 2.75) is 38.7 Å². The van der Waals surface area contributed by atoms with Gasteiger partial charge in [0.05, 0.1) is 24.5 Å². The quantitative estimate of drug-likeness (QED) is 0.325. The molecule has 2 fully saturated rings. The molecule has 2 N–H and O–H groups in total. The SMILES string of the molecule is CCCC1C(=O)C(=O)CC(O)CC(C=CCO)C2C(=O)OC(=O)C12. The number of carbonyl (C=O) groups excluding carboxylic acids is 4. The van der Waals surface area contributed by atoms with Crippen LogP contribution in [0.15, 0.2) is 12.2 Å². The van der Waals surface area contributed by atoms with Gasteiger partial charge in [0.15, 0.2) is 0 Å². The van der Waals surface area contributed by atoms with E-state index >= 15 is 0 Å². The van der Waals surface area contributed by atoms with Gasteiger partial charge in [-0.15, -0.1) is 0 Å². The fourth-order valence-electron chi connectivity index (χ4n) is 3.67. The fraction of sp³-hybridized carbons (Fsp3) is 0.647. The maximum Gasteiger partial charge on any atom is 0.318 e. The molecule has 7 nitrogen and oxygen atoms in total. The molecule has 24 heavy (non-hydrogen) atoms. The van der Waals surface area contributed by atoms with Crippen LogP contribution in [0.25, 0.3) is 0 Å². The average Bonchev–Trinajstić information content (AvgIpc) is 2.82. The van der Waals surface area contributed by atoms with Gasteiger partial charge in [-0.3, -0.25) is 19.2 Å². The Labute approximate surface area is 139 Å². The van der Waals surface area contributed by atoms with Gasteiger partial charge >= 0.3 is 11.9 Å². The van der Waals surface area contributed by atoms with E-state index in [4.69, 9.17) is 9.84 Å². The van der Waals surface area contributed by atoms with Crippen LogP contribution < -0.4 is 0 Å². The molecule has 2 rings (SSSR count). The van der Waals surface area contributed by atoms with Crippen molar-refractivity contribution in [2.24, 2.45) is 23.7 Å². The maximum absolute atomic E-state index is 12.5. The maximum atomic E-state index is 12.5. The van der Waals surface area contributed by atoms with E-state index < -0.39 is 53.3 Å². The van der Waals surface area contributed by atoms with Gasteiger partial charge in [0.2, 0.25) is 11.6 Å². The predicted molar refractivity (Wildman–Crippen MR) is 81.4 cm³/mol. The highest BCUT2D eigenvalue weighted by atomic mass is 16.6. The third-order valence-electron chi connectivity index (χ3n) is 4.69. The van der Waals surface area contributed by atoms with Crippen LogP contribution >= 0.6 is 0 Å². The number of aliphatic hydroxyl groups is 2. The van der Waals surface area contributed by atoms with Crippen LogP contribution in [0.2, 0.25) is 0 Å². The van der Waals surface area contributed by atoms with Crippen LogP contribution in [0.4, 0.5) is 0 Å². The second kappa shape index (κ2) is 7.81. The van der Waals surface area contributed by atoms with Crippen molar-refractivity contribution in [1.82, 2.24) is 0 Å². The minimum absolute atomic E-state index is 0.0396. The van der Waals surface area contributed by atoms with E-state index in [2.05, 4.69) is 0 Å². The van der Waals surface area contributed by atoms with E-state index in [1.54, 1.807) is 6.08 Å². The van der Waals surface area contributed by atoms with Crippen LogP contribution in [0.3, 0.4) is 0 Å². The second-order valence-corrected chi connectivity index (χ2v) is 6.34. The van der Waals surface area contributed by atoms with Crippen molar-refractivity contribution in [3.05, 3.63) is 12.2 Å². The van der Waals surface area contributed by atoms with E-state index in [1.165, 1.54) is 6.08 Å². The Morgan fingerprint density at radius 1 is 1.17 bits per heavy atom. The van der Waals surface area contributed by atoms with Crippen molar-refractivity contribution in [3.8, 4) is 0 Å². The molecule has 7 heteroatoms. The number of ketones is 2. The Hall–Kier alpha value is -1.86. The highest BCUT2D eigenvalue weighted by molar-refractivity contribution is 6.38. The first-order valence-electron chi connectivity index (χ1n) is 8.18.